The third-order valence-corrected chi connectivity index (χ3v) is 6.84. The standard InChI is InChI=1S/C10H13N4O14P3/c15-1-6(3-25-30(21,22)28-31(23,24)27-29(18,19)20)26-7(2-16)14-5-13-8-9(14)11-4-12-10(8)17/h1-2,4-7H,3H2,(H,21,22)(H,23,24)(H,11,12,17)(H2,18,19,20)/t6-,7-/m0/s1. The molecular weight excluding hydrogens is 493 g/mol. The Morgan fingerprint density at radius 3 is 2.32 bits per heavy atom. The lowest BCUT2D eigenvalue weighted by atomic mass is 10.4. The van der Waals surface area contributed by atoms with Gasteiger partial charge in [0, 0.05) is 0 Å². The van der Waals surface area contributed by atoms with Crippen LogP contribution in [-0.2, 0) is 41.2 Å². The van der Waals surface area contributed by atoms with Crippen LogP contribution in [0.15, 0.2) is 17.4 Å². The average molecular weight is 506 g/mol. The molecule has 2 unspecified atom stereocenters. The van der Waals surface area contributed by atoms with Crippen LogP contribution in [0.4, 0.5) is 0 Å². The zero-order valence-corrected chi connectivity index (χ0v) is 17.4. The number of hydrogen-bond acceptors (Lipinski definition) is 12. The van der Waals surface area contributed by atoms with Gasteiger partial charge in [-0.15, -0.1) is 0 Å². The molecular formula is C10H13N4O14P3. The van der Waals surface area contributed by atoms with Crippen molar-refractivity contribution in [1.29, 1.82) is 0 Å². The molecule has 0 aromatic carbocycles. The SMILES string of the molecule is O=C[C@H](O[C@@H](C=O)COP(=O)(O)OP(=O)(O)OP(=O)(O)O)n1cnc2c(=O)[nH]cnc21. The highest BCUT2D eigenvalue weighted by Gasteiger charge is 2.41. The van der Waals surface area contributed by atoms with Gasteiger partial charge in [-0.3, -0.25) is 18.7 Å². The highest BCUT2D eigenvalue weighted by molar-refractivity contribution is 7.66. The molecule has 0 aliphatic heterocycles. The van der Waals surface area contributed by atoms with E-state index in [0.29, 0.717) is 0 Å². The molecule has 0 aliphatic rings. The number of nitrogens with one attached hydrogen (secondary N) is 1. The van der Waals surface area contributed by atoms with Crippen LogP contribution in [0.25, 0.3) is 11.2 Å². The van der Waals surface area contributed by atoms with E-state index in [0.717, 1.165) is 17.2 Å². The lowest BCUT2D eigenvalue weighted by Gasteiger charge is -2.20. The van der Waals surface area contributed by atoms with Crippen molar-refractivity contribution in [2.45, 2.75) is 12.3 Å². The van der Waals surface area contributed by atoms with E-state index in [-0.39, 0.29) is 23.7 Å². The minimum atomic E-state index is -5.75. The number of rotatable bonds is 12. The number of phosphoric acid groups is 3. The van der Waals surface area contributed by atoms with Gasteiger partial charge in [-0.25, -0.2) is 23.7 Å². The monoisotopic (exact) mass is 506 g/mol. The molecule has 172 valence electrons. The number of hydrogen-bond donors (Lipinski definition) is 5. The highest BCUT2D eigenvalue weighted by Crippen LogP contribution is 2.66. The maximum absolute atomic E-state index is 11.7. The van der Waals surface area contributed by atoms with Crippen molar-refractivity contribution in [3.8, 4) is 0 Å². The summed E-state index contributed by atoms with van der Waals surface area (Å²) < 4.78 is 50.8. The number of ether oxygens (including phenoxy) is 1. The second-order valence-electron chi connectivity index (χ2n) is 5.28. The topological polar surface area (TPSA) is 267 Å². The number of phosphoric ester groups is 1. The van der Waals surface area contributed by atoms with E-state index in [9.17, 15) is 33.0 Å². The first-order valence-corrected chi connectivity index (χ1v) is 12.0. The predicted molar refractivity (Wildman–Crippen MR) is 94.0 cm³/mol. The van der Waals surface area contributed by atoms with Gasteiger partial charge in [0.1, 0.15) is 6.10 Å². The number of nitrogens with zero attached hydrogens (tertiary/aromatic N) is 3. The Bertz CT molecular complexity index is 1150. The molecule has 2 rings (SSSR count). The van der Waals surface area contributed by atoms with E-state index in [1.165, 1.54) is 0 Å². The van der Waals surface area contributed by atoms with Gasteiger partial charge in [0.15, 0.2) is 30.0 Å². The van der Waals surface area contributed by atoms with E-state index in [1.54, 1.807) is 0 Å². The zero-order chi connectivity index (χ0) is 23.4. The molecule has 0 saturated carbocycles. The minimum absolute atomic E-state index is 0.0283. The molecule has 0 amide bonds. The first-order valence-electron chi connectivity index (χ1n) is 7.51. The molecule has 0 fully saturated rings. The molecule has 18 nitrogen and oxygen atoms in total. The molecule has 31 heavy (non-hydrogen) atoms. The van der Waals surface area contributed by atoms with Crippen molar-refractivity contribution >= 4 is 47.2 Å². The van der Waals surface area contributed by atoms with Crippen LogP contribution in [0.5, 0.6) is 0 Å². The van der Waals surface area contributed by atoms with Gasteiger partial charge >= 0.3 is 23.5 Å². The van der Waals surface area contributed by atoms with Gasteiger partial charge in [0.05, 0.1) is 19.3 Å². The van der Waals surface area contributed by atoms with Gasteiger partial charge in [-0.2, -0.15) is 8.62 Å². The molecule has 0 saturated heterocycles. The highest BCUT2D eigenvalue weighted by atomic mass is 31.3. The number of H-pyrrole nitrogens is 1. The largest absolute Gasteiger partial charge is 0.490 e. The second kappa shape index (κ2) is 9.68. The molecule has 4 atom stereocenters. The van der Waals surface area contributed by atoms with E-state index in [1.807, 2.05) is 0 Å². The quantitative estimate of drug-likeness (QED) is 0.166. The Morgan fingerprint density at radius 2 is 1.74 bits per heavy atom. The summed E-state index contributed by atoms with van der Waals surface area (Å²) in [5, 5.41) is 0. The van der Waals surface area contributed by atoms with Crippen molar-refractivity contribution < 1.29 is 60.7 Å². The molecule has 2 aromatic rings. The number of aromatic nitrogens is 4. The summed E-state index contributed by atoms with van der Waals surface area (Å²) in [6, 6.07) is 0. The fourth-order valence-electron chi connectivity index (χ4n) is 1.97. The molecule has 0 spiro atoms. The predicted octanol–water partition coefficient (Wildman–Crippen LogP) is -1.26. The summed E-state index contributed by atoms with van der Waals surface area (Å²) >= 11 is 0. The Hall–Kier alpha value is -1.94. The fourth-order valence-corrected chi connectivity index (χ4v) is 5.00. The number of aromatic amines is 1. The van der Waals surface area contributed by atoms with Crippen molar-refractivity contribution in [2.75, 3.05) is 6.61 Å². The molecule has 0 aliphatic carbocycles. The lowest BCUT2D eigenvalue weighted by molar-refractivity contribution is -0.139. The van der Waals surface area contributed by atoms with Crippen molar-refractivity contribution in [3.05, 3.63) is 23.0 Å². The van der Waals surface area contributed by atoms with E-state index in [4.69, 9.17) is 19.4 Å². The molecule has 21 heteroatoms. The molecule has 2 heterocycles. The fraction of sp³-hybridized carbons (Fsp3) is 0.300. The normalized spacial score (nSPS) is 18.1. The number of aldehydes is 2. The summed E-state index contributed by atoms with van der Waals surface area (Å²) in [6.07, 6.45) is -1.15. The van der Waals surface area contributed by atoms with Gasteiger partial charge in [-0.1, -0.05) is 0 Å². The van der Waals surface area contributed by atoms with Crippen LogP contribution in [0.3, 0.4) is 0 Å². The molecule has 0 radical (unpaired) electrons. The van der Waals surface area contributed by atoms with Gasteiger partial charge < -0.3 is 34.1 Å². The summed E-state index contributed by atoms with van der Waals surface area (Å²) in [6.45, 7) is -1.13. The summed E-state index contributed by atoms with van der Waals surface area (Å²) in [7, 11) is -16.8. The van der Waals surface area contributed by atoms with Crippen LogP contribution < -0.4 is 5.56 Å². The van der Waals surface area contributed by atoms with E-state index in [2.05, 4.69) is 28.1 Å². The Balaban J connectivity index is 2.09. The third-order valence-electron chi connectivity index (χ3n) is 3.04. The maximum Gasteiger partial charge on any atom is 0.490 e. The minimum Gasteiger partial charge on any atom is -0.338 e. The van der Waals surface area contributed by atoms with Gasteiger partial charge in [0.2, 0.25) is 0 Å². The molecule has 5 N–H and O–H groups in total. The zero-order valence-electron chi connectivity index (χ0n) is 14.7. The number of carbonyl (C=O) groups is 2. The average Bonchev–Trinajstić information content (AvgIpc) is 3.04. The third kappa shape index (κ3) is 7.31. The molecule has 2 aromatic heterocycles. The van der Waals surface area contributed by atoms with Crippen LogP contribution in [-0.4, -0.2) is 64.4 Å². The van der Waals surface area contributed by atoms with Crippen LogP contribution in [0.1, 0.15) is 6.23 Å². The smallest absolute Gasteiger partial charge is 0.338 e. The van der Waals surface area contributed by atoms with Crippen LogP contribution in [0, 0.1) is 0 Å². The van der Waals surface area contributed by atoms with Crippen LogP contribution in [0.2, 0.25) is 0 Å². The van der Waals surface area contributed by atoms with Crippen molar-refractivity contribution in [1.82, 2.24) is 19.5 Å². The van der Waals surface area contributed by atoms with E-state index < -0.39 is 48.0 Å². The Morgan fingerprint density at radius 1 is 1.06 bits per heavy atom. The summed E-state index contributed by atoms with van der Waals surface area (Å²) in [4.78, 5) is 79.3. The lowest BCUT2D eigenvalue weighted by Crippen LogP contribution is -2.27. The first-order chi connectivity index (χ1) is 14.3. The summed E-state index contributed by atoms with van der Waals surface area (Å²) in [5.41, 5.74) is -0.889. The number of carbonyl (C=O) groups excluding carboxylic acids is 2. The van der Waals surface area contributed by atoms with E-state index >= 15 is 0 Å². The van der Waals surface area contributed by atoms with Gasteiger partial charge in [-0.05, 0) is 0 Å². The maximum atomic E-state index is 11.7. The number of imidazole rings is 1. The van der Waals surface area contributed by atoms with Crippen LogP contribution >= 0.6 is 23.5 Å². The van der Waals surface area contributed by atoms with Crippen molar-refractivity contribution in [2.24, 2.45) is 0 Å². The Kier molecular flexibility index (Phi) is 7.91. The van der Waals surface area contributed by atoms with Crippen molar-refractivity contribution in [3.63, 3.8) is 0 Å². The Labute approximate surface area is 170 Å². The van der Waals surface area contributed by atoms with Gasteiger partial charge in [0.25, 0.3) is 5.56 Å². The number of fused-ring (bicyclic) bond motifs is 1. The molecule has 0 bridgehead atoms. The second-order valence-corrected chi connectivity index (χ2v) is 9.70. The summed E-state index contributed by atoms with van der Waals surface area (Å²) in [5.74, 6) is 0. The first kappa shape index (κ1) is 25.3.